The van der Waals surface area contributed by atoms with Crippen LogP contribution >= 0.6 is 0 Å². The summed E-state index contributed by atoms with van der Waals surface area (Å²) in [4.78, 5) is 0. The number of nitrogens with zero attached hydrogens (tertiary/aromatic N) is 1. The van der Waals surface area contributed by atoms with Crippen molar-refractivity contribution in [1.82, 2.24) is 0 Å². The second-order valence-electron chi connectivity index (χ2n) is 1.82. The summed E-state index contributed by atoms with van der Waals surface area (Å²) in [6, 6.07) is 0.799. The molecule has 0 saturated heterocycles. The molecule has 0 amide bonds. The van der Waals surface area contributed by atoms with E-state index in [9.17, 15) is 13.2 Å². The van der Waals surface area contributed by atoms with Crippen LogP contribution in [-0.4, -0.2) is 16.9 Å². The summed E-state index contributed by atoms with van der Waals surface area (Å²) < 4.78 is 34.9. The Morgan fingerprint density at radius 3 is 1.90 bits per heavy atom. The van der Waals surface area contributed by atoms with E-state index >= 15 is 0 Å². The minimum atomic E-state index is -4.85. The molecule has 5 heteroatoms. The van der Waals surface area contributed by atoms with Gasteiger partial charge >= 0.3 is 6.18 Å². The molecular weight excluding hydrogens is 147 g/mol. The number of aliphatic hydroxyl groups is 1. The molecule has 1 atom stereocenters. The SMILES string of the molecule is CC[C@@](O)(C#N)C(F)(F)F. The van der Waals surface area contributed by atoms with E-state index in [0.717, 1.165) is 13.0 Å². The monoisotopic (exact) mass is 153 g/mol. The van der Waals surface area contributed by atoms with Gasteiger partial charge in [0, 0.05) is 0 Å². The third kappa shape index (κ3) is 1.39. The van der Waals surface area contributed by atoms with Gasteiger partial charge in [-0.15, -0.1) is 0 Å². The molecule has 0 aromatic carbocycles. The number of hydrogen-bond donors (Lipinski definition) is 1. The van der Waals surface area contributed by atoms with Gasteiger partial charge in [-0.2, -0.15) is 18.4 Å². The molecule has 2 nitrogen and oxygen atoms in total. The van der Waals surface area contributed by atoms with Crippen molar-refractivity contribution < 1.29 is 18.3 Å². The predicted molar refractivity (Wildman–Crippen MR) is 26.9 cm³/mol. The lowest BCUT2D eigenvalue weighted by atomic mass is 10.0. The zero-order chi connectivity index (χ0) is 8.41. The molecule has 0 bridgehead atoms. The van der Waals surface area contributed by atoms with Crippen molar-refractivity contribution in [2.75, 3.05) is 0 Å². The minimum absolute atomic E-state index is 0.646. The molecule has 0 saturated carbocycles. The van der Waals surface area contributed by atoms with Crippen LogP contribution in [0, 0.1) is 11.3 Å². The van der Waals surface area contributed by atoms with Crippen LogP contribution in [0.5, 0.6) is 0 Å². The number of alkyl halides is 3. The van der Waals surface area contributed by atoms with Gasteiger partial charge in [-0.3, -0.25) is 0 Å². The molecule has 0 spiro atoms. The predicted octanol–water partition coefficient (Wildman–Crippen LogP) is 1.21. The van der Waals surface area contributed by atoms with Crippen molar-refractivity contribution >= 4 is 0 Å². The van der Waals surface area contributed by atoms with E-state index in [1.165, 1.54) is 0 Å². The molecule has 1 N–H and O–H groups in total. The average Bonchev–Trinajstić information content (AvgIpc) is 1.84. The summed E-state index contributed by atoms with van der Waals surface area (Å²) in [6.07, 6.45) is -5.50. The molecule has 0 aromatic heterocycles. The summed E-state index contributed by atoms with van der Waals surface area (Å²) in [7, 11) is 0. The first-order valence-corrected chi connectivity index (χ1v) is 2.57. The lowest BCUT2D eigenvalue weighted by Gasteiger charge is -2.20. The van der Waals surface area contributed by atoms with E-state index in [-0.39, 0.29) is 0 Å². The van der Waals surface area contributed by atoms with E-state index in [4.69, 9.17) is 10.4 Å². The normalized spacial score (nSPS) is 17.6. The summed E-state index contributed by atoms with van der Waals surface area (Å²) in [5.41, 5.74) is -3.17. The first kappa shape index (κ1) is 9.24. The van der Waals surface area contributed by atoms with Crippen LogP contribution in [0.25, 0.3) is 0 Å². The molecule has 0 aromatic rings. The highest BCUT2D eigenvalue weighted by molar-refractivity contribution is 5.04. The van der Waals surface area contributed by atoms with Crippen molar-refractivity contribution in [3.8, 4) is 6.07 Å². The van der Waals surface area contributed by atoms with Crippen LogP contribution in [0.2, 0.25) is 0 Å². The Kier molecular flexibility index (Phi) is 2.28. The Labute approximate surface area is 55.9 Å². The summed E-state index contributed by atoms with van der Waals surface area (Å²) >= 11 is 0. The Morgan fingerprint density at radius 1 is 1.50 bits per heavy atom. The van der Waals surface area contributed by atoms with Gasteiger partial charge in [-0.25, -0.2) is 0 Å². The first-order valence-electron chi connectivity index (χ1n) is 2.57. The third-order valence-corrected chi connectivity index (χ3v) is 1.17. The standard InChI is InChI=1S/C5H6F3NO/c1-2-4(10,3-9)5(6,7)8/h10H,2H2,1H3/t4-/m1/s1. The highest BCUT2D eigenvalue weighted by atomic mass is 19.4. The van der Waals surface area contributed by atoms with Crippen molar-refractivity contribution in [3.63, 3.8) is 0 Å². The van der Waals surface area contributed by atoms with Crippen LogP contribution in [0.3, 0.4) is 0 Å². The molecule has 0 aliphatic carbocycles. The van der Waals surface area contributed by atoms with Gasteiger partial charge in [0.1, 0.15) is 6.07 Å². The lowest BCUT2D eigenvalue weighted by Crippen LogP contribution is -2.42. The zero-order valence-electron chi connectivity index (χ0n) is 5.24. The van der Waals surface area contributed by atoms with Gasteiger partial charge in [0.2, 0.25) is 5.60 Å². The first-order chi connectivity index (χ1) is 4.37. The van der Waals surface area contributed by atoms with Crippen LogP contribution in [0.4, 0.5) is 13.2 Å². The maximum absolute atomic E-state index is 11.6. The van der Waals surface area contributed by atoms with E-state index in [2.05, 4.69) is 0 Å². The topological polar surface area (TPSA) is 44.0 Å². The van der Waals surface area contributed by atoms with Gasteiger partial charge in [0.05, 0.1) is 0 Å². The molecule has 0 rings (SSSR count). The van der Waals surface area contributed by atoms with E-state index in [1.807, 2.05) is 0 Å². The fraction of sp³-hybridized carbons (Fsp3) is 0.800. The molecule has 0 aliphatic rings. The van der Waals surface area contributed by atoms with Gasteiger partial charge in [0.25, 0.3) is 0 Å². The summed E-state index contributed by atoms with van der Waals surface area (Å²) in [6.45, 7) is 1.09. The molecule has 0 unspecified atom stereocenters. The summed E-state index contributed by atoms with van der Waals surface area (Å²) in [5.74, 6) is 0. The molecule has 0 radical (unpaired) electrons. The molecule has 10 heavy (non-hydrogen) atoms. The fourth-order valence-corrected chi connectivity index (χ4v) is 0.343. The third-order valence-electron chi connectivity index (χ3n) is 1.17. The molecule has 0 heterocycles. The second-order valence-corrected chi connectivity index (χ2v) is 1.82. The Balaban J connectivity index is 4.54. The van der Waals surface area contributed by atoms with Gasteiger partial charge in [-0.05, 0) is 6.42 Å². The van der Waals surface area contributed by atoms with Crippen LogP contribution in [0.15, 0.2) is 0 Å². The van der Waals surface area contributed by atoms with E-state index < -0.39 is 18.2 Å². The van der Waals surface area contributed by atoms with E-state index in [1.54, 1.807) is 0 Å². The number of halogens is 3. The summed E-state index contributed by atoms with van der Waals surface area (Å²) in [5, 5.41) is 16.4. The van der Waals surface area contributed by atoms with Crippen molar-refractivity contribution in [3.05, 3.63) is 0 Å². The molecule has 58 valence electrons. The van der Waals surface area contributed by atoms with Gasteiger partial charge in [0.15, 0.2) is 0 Å². The molecule has 0 aliphatic heterocycles. The Morgan fingerprint density at radius 2 is 1.90 bits per heavy atom. The van der Waals surface area contributed by atoms with E-state index in [0.29, 0.717) is 0 Å². The minimum Gasteiger partial charge on any atom is -0.368 e. The number of hydrogen-bond acceptors (Lipinski definition) is 2. The van der Waals surface area contributed by atoms with Crippen molar-refractivity contribution in [1.29, 1.82) is 5.26 Å². The number of rotatable bonds is 1. The number of nitriles is 1. The van der Waals surface area contributed by atoms with Gasteiger partial charge < -0.3 is 5.11 Å². The lowest BCUT2D eigenvalue weighted by molar-refractivity contribution is -0.236. The largest absolute Gasteiger partial charge is 0.430 e. The average molecular weight is 153 g/mol. The second kappa shape index (κ2) is 2.46. The van der Waals surface area contributed by atoms with Crippen molar-refractivity contribution in [2.45, 2.75) is 25.1 Å². The Bertz CT molecular complexity index is 159. The Hall–Kier alpha value is -0.760. The highest BCUT2D eigenvalue weighted by Crippen LogP contribution is 2.31. The molecule has 0 fully saturated rings. The van der Waals surface area contributed by atoms with Crippen LogP contribution in [-0.2, 0) is 0 Å². The zero-order valence-corrected chi connectivity index (χ0v) is 5.24. The van der Waals surface area contributed by atoms with Crippen LogP contribution in [0.1, 0.15) is 13.3 Å². The maximum atomic E-state index is 11.6. The quantitative estimate of drug-likeness (QED) is 0.575. The fourth-order valence-electron chi connectivity index (χ4n) is 0.343. The maximum Gasteiger partial charge on any atom is 0.430 e. The highest BCUT2D eigenvalue weighted by Gasteiger charge is 2.53. The van der Waals surface area contributed by atoms with Crippen molar-refractivity contribution in [2.24, 2.45) is 0 Å². The van der Waals surface area contributed by atoms with Crippen LogP contribution < -0.4 is 0 Å². The van der Waals surface area contributed by atoms with Gasteiger partial charge in [-0.1, -0.05) is 6.92 Å². The molecular formula is C5H6F3NO. The smallest absolute Gasteiger partial charge is 0.368 e.